The van der Waals surface area contributed by atoms with Gasteiger partial charge in [-0.15, -0.1) is 22.7 Å². The summed E-state index contributed by atoms with van der Waals surface area (Å²) in [5, 5.41) is 13.4. The van der Waals surface area contributed by atoms with Crippen LogP contribution in [0.25, 0.3) is 5.57 Å². The van der Waals surface area contributed by atoms with E-state index in [2.05, 4.69) is 55.9 Å². The molecule has 1 unspecified atom stereocenters. The van der Waals surface area contributed by atoms with E-state index in [-0.39, 0.29) is 5.92 Å². The van der Waals surface area contributed by atoms with Gasteiger partial charge in [-0.3, -0.25) is 4.79 Å². The van der Waals surface area contributed by atoms with E-state index in [0.717, 1.165) is 36.8 Å². The van der Waals surface area contributed by atoms with E-state index in [1.807, 2.05) is 0 Å². The van der Waals surface area contributed by atoms with Gasteiger partial charge < -0.3 is 10.0 Å². The molecule has 0 radical (unpaired) electrons. The van der Waals surface area contributed by atoms with Gasteiger partial charge >= 0.3 is 5.97 Å². The maximum Gasteiger partial charge on any atom is 0.307 e. The van der Waals surface area contributed by atoms with Gasteiger partial charge in [-0.2, -0.15) is 0 Å². The van der Waals surface area contributed by atoms with Gasteiger partial charge in [0.25, 0.3) is 0 Å². The summed E-state index contributed by atoms with van der Waals surface area (Å²) in [6, 6.07) is 6.32. The zero-order valence-corrected chi connectivity index (χ0v) is 16.5. The average Bonchev–Trinajstić information content (AvgIpc) is 3.24. The van der Waals surface area contributed by atoms with Crippen LogP contribution in [0.5, 0.6) is 0 Å². The van der Waals surface area contributed by atoms with E-state index in [4.69, 9.17) is 0 Å². The minimum atomic E-state index is -0.656. The monoisotopic (exact) mass is 425 g/mol. The molecule has 0 amide bonds. The fraction of sp³-hybridized carbons (Fsp3) is 0.389. The normalized spacial score (nSPS) is 19.5. The summed E-state index contributed by atoms with van der Waals surface area (Å²) in [4.78, 5) is 16.0. The lowest BCUT2D eigenvalue weighted by atomic mass is 9.98. The third-order valence-electron chi connectivity index (χ3n) is 4.30. The lowest BCUT2D eigenvalue weighted by Gasteiger charge is -2.30. The molecule has 0 aromatic carbocycles. The fourth-order valence-electron chi connectivity index (χ4n) is 3.07. The Kier molecular flexibility index (Phi) is 6.27. The minimum Gasteiger partial charge on any atom is -0.481 e. The number of thiophene rings is 2. The number of carboxylic acid groups (broad SMARTS) is 1. The number of carboxylic acids is 1. The average molecular weight is 426 g/mol. The Morgan fingerprint density at radius 1 is 1.38 bits per heavy atom. The fourth-order valence-corrected chi connectivity index (χ4v) is 5.55. The SMILES string of the molecule is O=C(O)C1CCCN(CC/C=C(\c2cccs2)c2sccc2Br)C1. The maximum absolute atomic E-state index is 11.2. The standard InChI is InChI=1S/C18H20BrNO2S2/c19-15-7-11-24-17(15)14(16-6-3-10-23-16)5-2-9-20-8-1-4-13(12-20)18(21)22/h3,5-7,10-11,13H,1-2,4,8-9,12H2,(H,21,22)/b14-5+. The molecular weight excluding hydrogens is 406 g/mol. The van der Waals surface area contributed by atoms with Gasteiger partial charge in [0.1, 0.15) is 0 Å². The van der Waals surface area contributed by atoms with Gasteiger partial charge in [-0.05, 0) is 64.6 Å². The number of rotatable bonds is 6. The molecule has 1 aliphatic heterocycles. The molecule has 1 N–H and O–H groups in total. The van der Waals surface area contributed by atoms with Crippen molar-refractivity contribution in [2.24, 2.45) is 5.92 Å². The molecule has 1 atom stereocenters. The van der Waals surface area contributed by atoms with Gasteiger partial charge in [-0.1, -0.05) is 12.1 Å². The van der Waals surface area contributed by atoms with E-state index < -0.39 is 5.97 Å². The van der Waals surface area contributed by atoms with Crippen LogP contribution < -0.4 is 0 Å². The van der Waals surface area contributed by atoms with Crippen LogP contribution in [0.4, 0.5) is 0 Å². The molecule has 6 heteroatoms. The molecule has 3 heterocycles. The molecule has 2 aromatic heterocycles. The van der Waals surface area contributed by atoms with Crippen LogP contribution in [0, 0.1) is 5.92 Å². The highest BCUT2D eigenvalue weighted by Crippen LogP contribution is 2.36. The Hall–Kier alpha value is -0.950. The van der Waals surface area contributed by atoms with Crippen LogP contribution in [0.2, 0.25) is 0 Å². The summed E-state index contributed by atoms with van der Waals surface area (Å²) in [6.45, 7) is 2.61. The molecule has 3 rings (SSSR count). The van der Waals surface area contributed by atoms with E-state index in [0.29, 0.717) is 6.54 Å². The zero-order chi connectivity index (χ0) is 16.9. The van der Waals surface area contributed by atoms with Crippen molar-refractivity contribution < 1.29 is 9.90 Å². The number of carbonyl (C=O) groups is 1. The topological polar surface area (TPSA) is 40.5 Å². The molecule has 0 bridgehead atoms. The molecule has 0 aliphatic carbocycles. The maximum atomic E-state index is 11.2. The summed E-state index contributed by atoms with van der Waals surface area (Å²) in [5.41, 5.74) is 1.28. The Balaban J connectivity index is 1.68. The van der Waals surface area contributed by atoms with Crippen LogP contribution in [0.1, 0.15) is 29.0 Å². The lowest BCUT2D eigenvalue weighted by Crippen LogP contribution is -2.39. The van der Waals surface area contributed by atoms with E-state index in [9.17, 15) is 9.90 Å². The summed E-state index contributed by atoms with van der Waals surface area (Å²) in [6.07, 6.45) is 5.02. The van der Waals surface area contributed by atoms with Gasteiger partial charge in [0.15, 0.2) is 0 Å². The second kappa shape index (κ2) is 8.43. The highest BCUT2D eigenvalue weighted by molar-refractivity contribution is 9.10. The van der Waals surface area contributed by atoms with Crippen molar-refractivity contribution in [3.8, 4) is 0 Å². The van der Waals surface area contributed by atoms with Crippen molar-refractivity contribution >= 4 is 50.1 Å². The van der Waals surface area contributed by atoms with Crippen molar-refractivity contribution in [2.75, 3.05) is 19.6 Å². The molecule has 1 aliphatic rings. The first kappa shape index (κ1) is 17.9. The predicted molar refractivity (Wildman–Crippen MR) is 105 cm³/mol. The summed E-state index contributed by atoms with van der Waals surface area (Å²) >= 11 is 7.14. The Morgan fingerprint density at radius 2 is 2.25 bits per heavy atom. The Labute approximate surface area is 158 Å². The van der Waals surface area contributed by atoms with Crippen LogP contribution in [-0.4, -0.2) is 35.6 Å². The number of hydrogen-bond donors (Lipinski definition) is 1. The molecule has 1 fully saturated rings. The number of nitrogens with zero attached hydrogens (tertiary/aromatic N) is 1. The number of aliphatic carboxylic acids is 1. The molecule has 2 aromatic rings. The van der Waals surface area contributed by atoms with Crippen molar-refractivity contribution in [3.05, 3.63) is 49.3 Å². The molecular formula is C18H20BrNO2S2. The smallest absolute Gasteiger partial charge is 0.307 e. The second-order valence-electron chi connectivity index (χ2n) is 5.96. The number of hydrogen-bond acceptors (Lipinski definition) is 4. The highest BCUT2D eigenvalue weighted by atomic mass is 79.9. The molecule has 3 nitrogen and oxygen atoms in total. The molecule has 24 heavy (non-hydrogen) atoms. The minimum absolute atomic E-state index is 0.203. The van der Waals surface area contributed by atoms with Gasteiger partial charge in [0.05, 0.1) is 5.92 Å². The quantitative estimate of drug-likeness (QED) is 0.691. The largest absolute Gasteiger partial charge is 0.481 e. The van der Waals surface area contributed by atoms with Crippen molar-refractivity contribution in [2.45, 2.75) is 19.3 Å². The van der Waals surface area contributed by atoms with Crippen molar-refractivity contribution in [3.63, 3.8) is 0 Å². The van der Waals surface area contributed by atoms with E-state index in [1.165, 1.54) is 15.3 Å². The van der Waals surface area contributed by atoms with Gasteiger partial charge in [0.2, 0.25) is 0 Å². The van der Waals surface area contributed by atoms with Crippen molar-refractivity contribution in [1.29, 1.82) is 0 Å². The van der Waals surface area contributed by atoms with E-state index >= 15 is 0 Å². The summed E-state index contributed by atoms with van der Waals surface area (Å²) in [7, 11) is 0. The molecule has 128 valence electrons. The van der Waals surface area contributed by atoms with Crippen LogP contribution >= 0.6 is 38.6 Å². The second-order valence-corrected chi connectivity index (χ2v) is 8.68. The predicted octanol–water partition coefficient (Wildman–Crippen LogP) is 5.19. The van der Waals surface area contributed by atoms with Gasteiger partial charge in [-0.25, -0.2) is 0 Å². The third-order valence-corrected chi connectivity index (χ3v) is 7.07. The first-order valence-corrected chi connectivity index (χ1v) is 10.6. The summed E-state index contributed by atoms with van der Waals surface area (Å²) in [5.74, 6) is -0.858. The molecule has 0 saturated carbocycles. The number of halogens is 1. The molecule has 0 spiro atoms. The van der Waals surface area contributed by atoms with Crippen LogP contribution in [0.3, 0.4) is 0 Å². The number of likely N-dealkylation sites (tertiary alicyclic amines) is 1. The third kappa shape index (κ3) is 4.36. The Morgan fingerprint density at radius 3 is 2.92 bits per heavy atom. The van der Waals surface area contributed by atoms with Crippen molar-refractivity contribution in [1.82, 2.24) is 4.90 Å². The highest BCUT2D eigenvalue weighted by Gasteiger charge is 2.24. The lowest BCUT2D eigenvalue weighted by molar-refractivity contribution is -0.143. The summed E-state index contributed by atoms with van der Waals surface area (Å²) < 4.78 is 1.14. The van der Waals surface area contributed by atoms with Crippen LogP contribution in [0.15, 0.2) is 39.5 Å². The first-order chi connectivity index (χ1) is 11.6. The number of piperidine rings is 1. The zero-order valence-electron chi connectivity index (χ0n) is 13.3. The van der Waals surface area contributed by atoms with Gasteiger partial charge in [0, 0.05) is 32.9 Å². The van der Waals surface area contributed by atoms with Crippen LogP contribution in [-0.2, 0) is 4.79 Å². The van der Waals surface area contributed by atoms with E-state index in [1.54, 1.807) is 22.7 Å². The molecule has 1 saturated heterocycles. The Bertz CT molecular complexity index is 708. The first-order valence-electron chi connectivity index (χ1n) is 8.07.